The Balaban J connectivity index is 1.87. The lowest BCUT2D eigenvalue weighted by atomic mass is 9.91. The van der Waals surface area contributed by atoms with Gasteiger partial charge in [-0.15, -0.1) is 0 Å². The molecule has 0 aliphatic carbocycles. The van der Waals surface area contributed by atoms with Crippen molar-refractivity contribution in [3.8, 4) is 0 Å². The third-order valence-electron chi connectivity index (χ3n) is 3.87. The minimum atomic E-state index is -2.54. The first kappa shape index (κ1) is 13.2. The van der Waals surface area contributed by atoms with Crippen LogP contribution in [0, 0.1) is 5.92 Å². The van der Waals surface area contributed by atoms with Crippen molar-refractivity contribution in [2.24, 2.45) is 5.92 Å². The van der Waals surface area contributed by atoms with Crippen LogP contribution in [0.4, 0.5) is 8.78 Å². The van der Waals surface area contributed by atoms with Gasteiger partial charge in [-0.2, -0.15) is 0 Å². The van der Waals surface area contributed by atoms with Crippen LogP contribution in [0.15, 0.2) is 0 Å². The molecule has 0 bridgehead atoms. The lowest BCUT2D eigenvalue weighted by molar-refractivity contribution is -0.101. The van der Waals surface area contributed by atoms with E-state index in [0.29, 0.717) is 13.0 Å². The minimum Gasteiger partial charge on any atom is -0.314 e. The molecule has 1 N–H and O–H groups in total. The third kappa shape index (κ3) is 3.60. The monoisotopic (exact) mass is 247 g/mol. The molecular weight excluding hydrogens is 224 g/mol. The summed E-state index contributed by atoms with van der Waals surface area (Å²) < 4.78 is 28.4. The van der Waals surface area contributed by atoms with E-state index in [0.717, 1.165) is 39.1 Å². The highest BCUT2D eigenvalue weighted by Crippen LogP contribution is 2.32. The number of nitrogens with one attached hydrogen (secondary N) is 1. The number of piperazine rings is 1. The second-order valence-corrected chi connectivity index (χ2v) is 5.39. The van der Waals surface area contributed by atoms with Gasteiger partial charge < -0.3 is 10.2 Å². The van der Waals surface area contributed by atoms with E-state index in [1.807, 2.05) is 16.8 Å². The van der Waals surface area contributed by atoms with E-state index in [-0.39, 0.29) is 6.54 Å². The second-order valence-electron chi connectivity index (χ2n) is 5.39. The van der Waals surface area contributed by atoms with E-state index in [1.165, 1.54) is 0 Å². The van der Waals surface area contributed by atoms with Gasteiger partial charge in [-0.25, -0.2) is 8.78 Å². The molecule has 17 heavy (non-hydrogen) atoms. The molecule has 2 heterocycles. The largest absolute Gasteiger partial charge is 0.314 e. The van der Waals surface area contributed by atoms with Gasteiger partial charge in [-0.05, 0) is 26.4 Å². The van der Waals surface area contributed by atoms with Crippen LogP contribution < -0.4 is 5.32 Å². The van der Waals surface area contributed by atoms with E-state index in [9.17, 15) is 8.78 Å². The number of halogens is 2. The molecule has 0 amide bonds. The average Bonchev–Trinajstić information content (AvgIpc) is 2.30. The minimum absolute atomic E-state index is 0.0623. The molecule has 2 aliphatic rings. The first-order valence-electron chi connectivity index (χ1n) is 6.57. The summed E-state index contributed by atoms with van der Waals surface area (Å²) in [6.07, 6.45) is 1.57. The van der Waals surface area contributed by atoms with Crippen molar-refractivity contribution in [3.63, 3.8) is 0 Å². The van der Waals surface area contributed by atoms with E-state index in [2.05, 4.69) is 5.32 Å². The maximum absolute atomic E-state index is 14.2. The van der Waals surface area contributed by atoms with E-state index < -0.39 is 11.8 Å². The second kappa shape index (κ2) is 5.59. The topological polar surface area (TPSA) is 18.5 Å². The van der Waals surface area contributed by atoms with Gasteiger partial charge >= 0.3 is 0 Å². The lowest BCUT2D eigenvalue weighted by Gasteiger charge is -2.38. The van der Waals surface area contributed by atoms with Crippen LogP contribution in [0.3, 0.4) is 0 Å². The Morgan fingerprint density at radius 2 is 1.94 bits per heavy atom. The fourth-order valence-corrected chi connectivity index (χ4v) is 2.81. The average molecular weight is 247 g/mol. The van der Waals surface area contributed by atoms with Crippen LogP contribution in [0.5, 0.6) is 0 Å². The van der Waals surface area contributed by atoms with Crippen molar-refractivity contribution >= 4 is 0 Å². The Bertz CT molecular complexity index is 242. The van der Waals surface area contributed by atoms with Gasteiger partial charge in [-0.3, -0.25) is 4.90 Å². The van der Waals surface area contributed by atoms with Crippen molar-refractivity contribution in [2.45, 2.75) is 18.8 Å². The number of hydrogen-bond donors (Lipinski definition) is 1. The number of alkyl halides is 2. The fraction of sp³-hybridized carbons (Fsp3) is 1.00. The van der Waals surface area contributed by atoms with Crippen molar-refractivity contribution < 1.29 is 8.78 Å². The van der Waals surface area contributed by atoms with Gasteiger partial charge in [0.05, 0.1) is 6.54 Å². The summed E-state index contributed by atoms with van der Waals surface area (Å²) in [6.45, 7) is 4.60. The Morgan fingerprint density at radius 1 is 1.24 bits per heavy atom. The molecule has 5 heteroatoms. The molecule has 0 saturated carbocycles. The number of hydrogen-bond acceptors (Lipinski definition) is 3. The van der Waals surface area contributed by atoms with Gasteiger partial charge in [0.2, 0.25) is 0 Å². The third-order valence-corrected chi connectivity index (χ3v) is 3.87. The van der Waals surface area contributed by atoms with Gasteiger partial charge in [-0.1, -0.05) is 0 Å². The van der Waals surface area contributed by atoms with Gasteiger partial charge in [0.1, 0.15) is 0 Å². The molecule has 3 nitrogen and oxygen atoms in total. The molecule has 0 aromatic carbocycles. The first-order chi connectivity index (χ1) is 8.08. The van der Waals surface area contributed by atoms with Crippen LogP contribution in [-0.4, -0.2) is 68.6 Å². The molecule has 0 aromatic heterocycles. The zero-order chi connectivity index (χ0) is 12.3. The lowest BCUT2D eigenvalue weighted by Crippen LogP contribution is -2.52. The highest BCUT2D eigenvalue weighted by Gasteiger charge is 2.42. The molecule has 2 saturated heterocycles. The van der Waals surface area contributed by atoms with Gasteiger partial charge in [0.15, 0.2) is 0 Å². The summed E-state index contributed by atoms with van der Waals surface area (Å²) in [5.74, 6) is -3.00. The predicted molar refractivity (Wildman–Crippen MR) is 64.5 cm³/mol. The summed E-state index contributed by atoms with van der Waals surface area (Å²) in [5.41, 5.74) is 0. The van der Waals surface area contributed by atoms with Crippen molar-refractivity contribution in [1.29, 1.82) is 0 Å². The predicted octanol–water partition coefficient (Wildman–Crippen LogP) is 0.869. The molecule has 0 radical (unpaired) electrons. The van der Waals surface area contributed by atoms with Crippen LogP contribution in [0.2, 0.25) is 0 Å². The highest BCUT2D eigenvalue weighted by atomic mass is 19.3. The first-order valence-corrected chi connectivity index (χ1v) is 6.57. The van der Waals surface area contributed by atoms with Crippen molar-refractivity contribution in [3.05, 3.63) is 0 Å². The van der Waals surface area contributed by atoms with Crippen LogP contribution in [-0.2, 0) is 0 Å². The van der Waals surface area contributed by atoms with Crippen molar-refractivity contribution in [1.82, 2.24) is 15.1 Å². The number of nitrogens with zero attached hydrogens (tertiary/aromatic N) is 2. The van der Waals surface area contributed by atoms with E-state index in [4.69, 9.17) is 0 Å². The van der Waals surface area contributed by atoms with Crippen molar-refractivity contribution in [2.75, 3.05) is 52.9 Å². The summed E-state index contributed by atoms with van der Waals surface area (Å²) in [5, 5.41) is 3.19. The summed E-state index contributed by atoms with van der Waals surface area (Å²) in [6, 6.07) is 0. The van der Waals surface area contributed by atoms with Gasteiger partial charge in [0, 0.05) is 38.6 Å². The summed E-state index contributed by atoms with van der Waals surface area (Å²) >= 11 is 0. The van der Waals surface area contributed by atoms with E-state index in [1.54, 1.807) is 0 Å². The SMILES string of the molecule is CN1CCCC(C(F)(F)CN2CCNCC2)C1. The van der Waals surface area contributed by atoms with Gasteiger partial charge in [0.25, 0.3) is 5.92 Å². The number of piperidine rings is 1. The van der Waals surface area contributed by atoms with E-state index >= 15 is 0 Å². The molecule has 2 aliphatic heterocycles. The smallest absolute Gasteiger partial charge is 0.264 e. The Hall–Kier alpha value is -0.260. The van der Waals surface area contributed by atoms with Crippen LogP contribution >= 0.6 is 0 Å². The molecular formula is C12H23F2N3. The molecule has 2 fully saturated rings. The Labute approximate surface area is 102 Å². The maximum Gasteiger partial charge on any atom is 0.264 e. The molecule has 0 spiro atoms. The fourth-order valence-electron chi connectivity index (χ4n) is 2.81. The Morgan fingerprint density at radius 3 is 2.59 bits per heavy atom. The maximum atomic E-state index is 14.2. The highest BCUT2D eigenvalue weighted by molar-refractivity contribution is 4.86. The Kier molecular flexibility index (Phi) is 4.33. The molecule has 1 atom stereocenters. The zero-order valence-corrected chi connectivity index (χ0v) is 10.6. The normalized spacial score (nSPS) is 29.5. The summed E-state index contributed by atoms with van der Waals surface area (Å²) in [7, 11) is 1.94. The number of rotatable bonds is 3. The molecule has 2 rings (SSSR count). The molecule has 100 valence electrons. The summed E-state index contributed by atoms with van der Waals surface area (Å²) in [4.78, 5) is 3.92. The molecule has 0 aromatic rings. The quantitative estimate of drug-likeness (QED) is 0.798. The zero-order valence-electron chi connectivity index (χ0n) is 10.6. The number of likely N-dealkylation sites (tertiary alicyclic amines) is 1. The van der Waals surface area contributed by atoms with Crippen LogP contribution in [0.1, 0.15) is 12.8 Å². The molecule has 1 unspecified atom stereocenters. The van der Waals surface area contributed by atoms with Crippen LogP contribution in [0.25, 0.3) is 0 Å². The standard InChI is InChI=1S/C12H23F2N3/c1-16-6-2-3-11(9-16)12(13,14)10-17-7-4-15-5-8-17/h11,15H,2-10H2,1H3.